The molecule has 1 fully saturated rings. The molecule has 6 nitrogen and oxygen atoms in total. The van der Waals surface area contributed by atoms with Gasteiger partial charge in [-0.2, -0.15) is 4.98 Å². The molecule has 4 rings (SSSR count). The van der Waals surface area contributed by atoms with Crippen LogP contribution in [0.25, 0.3) is 10.2 Å². The molecule has 0 radical (unpaired) electrons. The standard InChI is InChI=1S/C15H12FN3O3S/c1-8-5-11(22-18-8)14(20)19-6-9(7-19)21-15-17-13-10(16)3-2-4-12(13)23-15/h2-5,9H,6-7H2,1H3. The number of halogens is 1. The van der Waals surface area contributed by atoms with Crippen molar-refractivity contribution in [2.24, 2.45) is 0 Å². The predicted octanol–water partition coefficient (Wildman–Crippen LogP) is 2.64. The number of carbonyl (C=O) groups excluding carboxylic acids is 1. The van der Waals surface area contributed by atoms with Crippen molar-refractivity contribution in [1.82, 2.24) is 15.0 Å². The first-order chi connectivity index (χ1) is 11.1. The van der Waals surface area contributed by atoms with Crippen LogP contribution >= 0.6 is 11.3 Å². The van der Waals surface area contributed by atoms with Crippen LogP contribution in [0.2, 0.25) is 0 Å². The number of thiazole rings is 1. The number of likely N-dealkylation sites (tertiary alicyclic amines) is 1. The van der Waals surface area contributed by atoms with E-state index in [1.54, 1.807) is 30.0 Å². The molecule has 1 aromatic carbocycles. The first-order valence-electron chi connectivity index (χ1n) is 7.04. The van der Waals surface area contributed by atoms with Crippen LogP contribution in [-0.4, -0.2) is 40.1 Å². The molecule has 1 aliphatic rings. The number of rotatable bonds is 3. The van der Waals surface area contributed by atoms with Gasteiger partial charge in [0.15, 0.2) is 0 Å². The number of amides is 1. The number of fused-ring (bicyclic) bond motifs is 1. The number of nitrogens with zero attached hydrogens (tertiary/aromatic N) is 3. The number of hydrogen-bond donors (Lipinski definition) is 0. The van der Waals surface area contributed by atoms with E-state index in [9.17, 15) is 9.18 Å². The Hall–Kier alpha value is -2.48. The van der Waals surface area contributed by atoms with Crippen molar-refractivity contribution in [3.8, 4) is 5.19 Å². The number of benzene rings is 1. The molecule has 0 unspecified atom stereocenters. The fourth-order valence-electron chi connectivity index (χ4n) is 2.39. The van der Waals surface area contributed by atoms with Gasteiger partial charge in [0.25, 0.3) is 11.1 Å². The zero-order valence-corrected chi connectivity index (χ0v) is 13.0. The maximum absolute atomic E-state index is 13.6. The van der Waals surface area contributed by atoms with Crippen molar-refractivity contribution in [3.63, 3.8) is 0 Å². The Morgan fingerprint density at radius 1 is 1.48 bits per heavy atom. The largest absolute Gasteiger partial charge is 0.463 e. The average Bonchev–Trinajstić information content (AvgIpc) is 3.08. The molecule has 8 heteroatoms. The normalized spacial score (nSPS) is 15.0. The van der Waals surface area contributed by atoms with Crippen LogP contribution in [-0.2, 0) is 0 Å². The minimum Gasteiger partial charge on any atom is -0.463 e. The van der Waals surface area contributed by atoms with Crippen molar-refractivity contribution in [2.75, 3.05) is 13.1 Å². The van der Waals surface area contributed by atoms with Crippen LogP contribution < -0.4 is 4.74 Å². The van der Waals surface area contributed by atoms with Gasteiger partial charge in [-0.15, -0.1) is 0 Å². The summed E-state index contributed by atoms with van der Waals surface area (Å²) in [6.45, 7) is 2.64. The molecule has 118 valence electrons. The maximum atomic E-state index is 13.6. The zero-order valence-electron chi connectivity index (χ0n) is 12.2. The van der Waals surface area contributed by atoms with Gasteiger partial charge in [0.2, 0.25) is 5.76 Å². The van der Waals surface area contributed by atoms with E-state index in [1.807, 2.05) is 0 Å². The molecule has 3 aromatic rings. The summed E-state index contributed by atoms with van der Waals surface area (Å²) >= 11 is 1.29. The van der Waals surface area contributed by atoms with Crippen LogP contribution in [0, 0.1) is 12.7 Å². The van der Waals surface area contributed by atoms with E-state index in [-0.39, 0.29) is 23.6 Å². The van der Waals surface area contributed by atoms with Crippen molar-refractivity contribution in [3.05, 3.63) is 41.5 Å². The second-order valence-corrected chi connectivity index (χ2v) is 6.34. The number of ether oxygens (including phenoxy) is 1. The summed E-state index contributed by atoms with van der Waals surface area (Å²) in [6, 6.07) is 6.41. The van der Waals surface area contributed by atoms with Crippen LogP contribution in [0.4, 0.5) is 4.39 Å². The lowest BCUT2D eigenvalue weighted by molar-refractivity contribution is 0.0149. The molecular formula is C15H12FN3O3S. The molecule has 0 aliphatic carbocycles. The smallest absolute Gasteiger partial charge is 0.292 e. The number of carbonyl (C=O) groups is 1. The van der Waals surface area contributed by atoms with E-state index in [0.29, 0.717) is 29.5 Å². The summed E-state index contributed by atoms with van der Waals surface area (Å²) < 4.78 is 25.0. The molecular weight excluding hydrogens is 321 g/mol. The second kappa shape index (κ2) is 5.31. The van der Waals surface area contributed by atoms with E-state index in [1.165, 1.54) is 17.4 Å². The molecule has 1 saturated heterocycles. The van der Waals surface area contributed by atoms with Gasteiger partial charge in [-0.05, 0) is 19.1 Å². The van der Waals surface area contributed by atoms with Gasteiger partial charge >= 0.3 is 0 Å². The number of hydrogen-bond acceptors (Lipinski definition) is 6. The van der Waals surface area contributed by atoms with Gasteiger partial charge in [0, 0.05) is 6.07 Å². The molecule has 0 bridgehead atoms. The highest BCUT2D eigenvalue weighted by Gasteiger charge is 2.35. The third kappa shape index (κ3) is 2.55. The van der Waals surface area contributed by atoms with E-state index in [2.05, 4.69) is 10.1 Å². The van der Waals surface area contributed by atoms with E-state index in [0.717, 1.165) is 4.70 Å². The Kier molecular flexibility index (Phi) is 3.26. The fraction of sp³-hybridized carbons (Fsp3) is 0.267. The topological polar surface area (TPSA) is 68.5 Å². The maximum Gasteiger partial charge on any atom is 0.292 e. The summed E-state index contributed by atoms with van der Waals surface area (Å²) in [6.07, 6.45) is -0.147. The van der Waals surface area contributed by atoms with Crippen LogP contribution in [0.15, 0.2) is 28.8 Å². The minimum atomic E-state index is -0.361. The van der Waals surface area contributed by atoms with Crippen molar-refractivity contribution in [1.29, 1.82) is 0 Å². The van der Waals surface area contributed by atoms with Gasteiger partial charge in [-0.1, -0.05) is 22.6 Å². The summed E-state index contributed by atoms with van der Waals surface area (Å²) in [5.74, 6) is -0.344. The molecule has 0 saturated carbocycles. The molecule has 0 spiro atoms. The molecule has 23 heavy (non-hydrogen) atoms. The SMILES string of the molecule is Cc1cc(C(=O)N2CC(Oc3nc4c(F)cccc4s3)C2)on1. The summed E-state index contributed by atoms with van der Waals surface area (Å²) in [5.41, 5.74) is 0.982. The Balaban J connectivity index is 1.40. The van der Waals surface area contributed by atoms with Crippen molar-refractivity contribution in [2.45, 2.75) is 13.0 Å². The van der Waals surface area contributed by atoms with Gasteiger partial charge in [-0.25, -0.2) is 4.39 Å². The Morgan fingerprint density at radius 3 is 3.00 bits per heavy atom. The summed E-state index contributed by atoms with van der Waals surface area (Å²) in [4.78, 5) is 17.9. The highest BCUT2D eigenvalue weighted by atomic mass is 32.1. The van der Waals surface area contributed by atoms with Gasteiger partial charge in [0.1, 0.15) is 17.4 Å². The average molecular weight is 333 g/mol. The Bertz CT molecular complexity index is 885. The van der Waals surface area contributed by atoms with Gasteiger partial charge in [-0.3, -0.25) is 4.79 Å². The van der Waals surface area contributed by atoms with Gasteiger partial charge < -0.3 is 14.2 Å². The van der Waals surface area contributed by atoms with E-state index in [4.69, 9.17) is 9.26 Å². The highest BCUT2D eigenvalue weighted by Crippen LogP contribution is 2.31. The molecule has 0 N–H and O–H groups in total. The van der Waals surface area contributed by atoms with Gasteiger partial charge in [0.05, 0.1) is 23.5 Å². The monoisotopic (exact) mass is 333 g/mol. The van der Waals surface area contributed by atoms with E-state index >= 15 is 0 Å². The summed E-state index contributed by atoms with van der Waals surface area (Å²) in [7, 11) is 0. The van der Waals surface area contributed by atoms with Crippen molar-refractivity contribution >= 4 is 27.5 Å². The lowest BCUT2D eigenvalue weighted by Gasteiger charge is -2.37. The molecule has 2 aromatic heterocycles. The predicted molar refractivity (Wildman–Crippen MR) is 81.1 cm³/mol. The Labute approximate surface area is 134 Å². The second-order valence-electron chi connectivity index (χ2n) is 5.35. The number of aryl methyl sites for hydroxylation is 1. The number of para-hydroxylation sites is 1. The Morgan fingerprint density at radius 2 is 2.30 bits per heavy atom. The quantitative estimate of drug-likeness (QED) is 0.737. The third-order valence-corrected chi connectivity index (χ3v) is 4.50. The summed E-state index contributed by atoms with van der Waals surface area (Å²) in [5, 5.41) is 4.11. The minimum absolute atomic E-state index is 0.147. The van der Waals surface area contributed by atoms with Crippen LogP contribution in [0.3, 0.4) is 0 Å². The van der Waals surface area contributed by atoms with Crippen LogP contribution in [0.5, 0.6) is 5.19 Å². The lowest BCUT2D eigenvalue weighted by atomic mass is 10.1. The first-order valence-corrected chi connectivity index (χ1v) is 7.86. The molecule has 3 heterocycles. The van der Waals surface area contributed by atoms with Crippen LogP contribution in [0.1, 0.15) is 16.2 Å². The molecule has 1 aliphatic heterocycles. The highest BCUT2D eigenvalue weighted by molar-refractivity contribution is 7.20. The fourth-order valence-corrected chi connectivity index (χ4v) is 3.28. The lowest BCUT2D eigenvalue weighted by Crippen LogP contribution is -2.56. The zero-order chi connectivity index (χ0) is 16.0. The van der Waals surface area contributed by atoms with E-state index < -0.39 is 0 Å². The third-order valence-electron chi connectivity index (χ3n) is 3.59. The number of aromatic nitrogens is 2. The molecule has 0 atom stereocenters. The van der Waals surface area contributed by atoms with Crippen molar-refractivity contribution < 1.29 is 18.4 Å². The first kappa shape index (κ1) is 14.1. The molecule has 1 amide bonds.